The zero-order chi connectivity index (χ0) is 22.2. The molecule has 4 rings (SSSR count). The van der Waals surface area contributed by atoms with Crippen LogP contribution in [0.2, 0.25) is 0 Å². The molecule has 7 heteroatoms. The molecule has 0 amide bonds. The fourth-order valence-electron chi connectivity index (χ4n) is 2.74. The Morgan fingerprint density at radius 3 is 2.13 bits per heavy atom. The van der Waals surface area contributed by atoms with Crippen LogP contribution in [0.1, 0.15) is 16.7 Å². The Morgan fingerprint density at radius 1 is 0.839 bits per heavy atom. The summed E-state index contributed by atoms with van der Waals surface area (Å²) in [7, 11) is 0. The number of hydrogen-bond donors (Lipinski definition) is 0. The van der Waals surface area contributed by atoms with Crippen LogP contribution in [0.5, 0.6) is 0 Å². The Kier molecular flexibility index (Phi) is 7.26. The van der Waals surface area contributed by atoms with Gasteiger partial charge in [-0.25, -0.2) is 8.78 Å². The van der Waals surface area contributed by atoms with Crippen molar-refractivity contribution < 1.29 is 8.78 Å². The van der Waals surface area contributed by atoms with Crippen molar-refractivity contribution in [2.45, 2.75) is 6.54 Å². The Morgan fingerprint density at radius 2 is 1.48 bits per heavy atom. The number of halogens is 3. The van der Waals surface area contributed by atoms with Crippen LogP contribution >= 0.6 is 15.9 Å². The fraction of sp³-hybridized carbons (Fsp3) is 0.0417. The Balaban J connectivity index is 0.000000229. The molecule has 0 aliphatic rings. The average Bonchev–Trinajstić information content (AvgIpc) is 3.25. The minimum atomic E-state index is -0.502. The van der Waals surface area contributed by atoms with E-state index < -0.39 is 11.6 Å². The van der Waals surface area contributed by atoms with E-state index in [1.165, 1.54) is 18.2 Å². The van der Waals surface area contributed by atoms with E-state index in [9.17, 15) is 8.78 Å². The Labute approximate surface area is 186 Å². The molecular formula is C24H15BrF2N4. The molecule has 1 aromatic heterocycles. The van der Waals surface area contributed by atoms with E-state index in [1.54, 1.807) is 30.5 Å². The summed E-state index contributed by atoms with van der Waals surface area (Å²) < 4.78 is 28.4. The largest absolute Gasteiger partial charge is 0.268 e. The van der Waals surface area contributed by atoms with E-state index >= 15 is 0 Å². The second kappa shape index (κ2) is 10.3. The van der Waals surface area contributed by atoms with Gasteiger partial charge in [0.05, 0.1) is 23.9 Å². The quantitative estimate of drug-likeness (QED) is 0.360. The van der Waals surface area contributed by atoms with E-state index in [2.05, 4.69) is 21.0 Å². The van der Waals surface area contributed by atoms with Crippen molar-refractivity contribution in [2.24, 2.45) is 0 Å². The summed E-state index contributed by atoms with van der Waals surface area (Å²) in [6, 6.07) is 22.3. The summed E-state index contributed by atoms with van der Waals surface area (Å²) in [4.78, 5) is 0. The van der Waals surface area contributed by atoms with Crippen molar-refractivity contribution in [3.05, 3.63) is 112 Å². The highest BCUT2D eigenvalue weighted by Crippen LogP contribution is 2.21. The molecule has 0 N–H and O–H groups in total. The predicted octanol–water partition coefficient (Wildman–Crippen LogP) is 6.07. The highest BCUT2D eigenvalue weighted by molar-refractivity contribution is 9.10. The molecule has 31 heavy (non-hydrogen) atoms. The van der Waals surface area contributed by atoms with Gasteiger partial charge in [0.15, 0.2) is 0 Å². The predicted molar refractivity (Wildman–Crippen MR) is 117 cm³/mol. The van der Waals surface area contributed by atoms with Gasteiger partial charge in [0.1, 0.15) is 23.8 Å². The van der Waals surface area contributed by atoms with E-state index in [0.29, 0.717) is 11.0 Å². The Hall–Kier alpha value is -3.81. The number of nitrogens with zero attached hydrogens (tertiary/aromatic N) is 4. The lowest BCUT2D eigenvalue weighted by Gasteiger charge is -2.01. The van der Waals surface area contributed by atoms with Crippen molar-refractivity contribution in [1.29, 1.82) is 10.5 Å². The second-order valence-corrected chi connectivity index (χ2v) is 7.37. The topological polar surface area (TPSA) is 65.4 Å². The molecule has 4 aromatic rings. The summed E-state index contributed by atoms with van der Waals surface area (Å²) in [5, 5.41) is 21.5. The monoisotopic (exact) mass is 476 g/mol. The highest BCUT2D eigenvalue weighted by atomic mass is 79.9. The van der Waals surface area contributed by atoms with Crippen molar-refractivity contribution in [2.75, 3.05) is 0 Å². The molecule has 0 saturated heterocycles. The summed E-state index contributed by atoms with van der Waals surface area (Å²) in [6.07, 6.45) is 3.61. The SMILES string of the molecule is N#Cc1cc(-c2cnn(Cc3ccccc3)c2)ccc1F.N#Cc1cc(Br)ccc1F. The standard InChI is InChI=1S/C17H12FN3.C7H3BrFN/c18-17-7-6-14(8-15(17)9-19)16-10-20-21(12-16)11-13-4-2-1-3-5-13;8-6-1-2-7(9)5(3-6)4-10/h1-8,10,12H,11H2;1-3H. The van der Waals surface area contributed by atoms with Crippen LogP contribution in [-0.4, -0.2) is 9.78 Å². The van der Waals surface area contributed by atoms with Gasteiger partial charge < -0.3 is 0 Å². The van der Waals surface area contributed by atoms with Crippen molar-refractivity contribution in [3.8, 4) is 23.3 Å². The maximum atomic E-state index is 13.3. The molecular weight excluding hydrogens is 462 g/mol. The minimum absolute atomic E-state index is 0.0447. The van der Waals surface area contributed by atoms with Crippen molar-refractivity contribution in [1.82, 2.24) is 9.78 Å². The zero-order valence-electron chi connectivity index (χ0n) is 16.1. The molecule has 0 bridgehead atoms. The maximum absolute atomic E-state index is 13.3. The third kappa shape index (κ3) is 5.85. The van der Waals surface area contributed by atoms with E-state index in [4.69, 9.17) is 10.5 Å². The molecule has 0 saturated carbocycles. The maximum Gasteiger partial charge on any atom is 0.141 e. The second-order valence-electron chi connectivity index (χ2n) is 6.45. The van der Waals surface area contributed by atoms with Gasteiger partial charge in [-0.3, -0.25) is 4.68 Å². The van der Waals surface area contributed by atoms with Gasteiger partial charge >= 0.3 is 0 Å². The van der Waals surface area contributed by atoms with Crippen LogP contribution in [0.15, 0.2) is 83.6 Å². The molecule has 0 aliphatic carbocycles. The molecule has 0 unspecified atom stereocenters. The molecule has 0 spiro atoms. The summed E-state index contributed by atoms with van der Waals surface area (Å²) in [6.45, 7) is 0.674. The van der Waals surface area contributed by atoms with Crippen LogP contribution in [0.25, 0.3) is 11.1 Å². The van der Waals surface area contributed by atoms with Gasteiger partial charge in [0.2, 0.25) is 0 Å². The number of nitriles is 2. The summed E-state index contributed by atoms with van der Waals surface area (Å²) in [5.41, 5.74) is 2.91. The normalized spacial score (nSPS) is 9.84. The Bertz CT molecular complexity index is 1270. The fourth-order valence-corrected chi connectivity index (χ4v) is 3.10. The van der Waals surface area contributed by atoms with E-state index in [-0.39, 0.29) is 11.1 Å². The van der Waals surface area contributed by atoms with Crippen LogP contribution in [0.4, 0.5) is 8.78 Å². The first-order valence-corrected chi connectivity index (χ1v) is 9.91. The first kappa shape index (κ1) is 21.9. The van der Waals surface area contributed by atoms with Crippen molar-refractivity contribution in [3.63, 3.8) is 0 Å². The van der Waals surface area contributed by atoms with Gasteiger partial charge in [0.25, 0.3) is 0 Å². The molecule has 3 aromatic carbocycles. The van der Waals surface area contributed by atoms with Crippen LogP contribution < -0.4 is 0 Å². The van der Waals surface area contributed by atoms with Gasteiger partial charge in [-0.2, -0.15) is 15.6 Å². The third-order valence-electron chi connectivity index (χ3n) is 4.29. The van der Waals surface area contributed by atoms with Gasteiger partial charge in [0, 0.05) is 16.2 Å². The summed E-state index contributed by atoms with van der Waals surface area (Å²) in [5.74, 6) is -0.983. The van der Waals surface area contributed by atoms with Gasteiger partial charge in [-0.1, -0.05) is 52.3 Å². The molecule has 1 heterocycles. The molecule has 0 aliphatic heterocycles. The molecule has 152 valence electrons. The zero-order valence-corrected chi connectivity index (χ0v) is 17.7. The summed E-state index contributed by atoms with van der Waals surface area (Å²) >= 11 is 3.12. The number of hydrogen-bond acceptors (Lipinski definition) is 3. The molecule has 0 atom stereocenters. The van der Waals surface area contributed by atoms with Crippen LogP contribution in [0.3, 0.4) is 0 Å². The number of rotatable bonds is 3. The third-order valence-corrected chi connectivity index (χ3v) is 4.78. The highest BCUT2D eigenvalue weighted by Gasteiger charge is 2.07. The smallest absolute Gasteiger partial charge is 0.141 e. The van der Waals surface area contributed by atoms with E-state index in [1.807, 2.05) is 47.3 Å². The molecule has 4 nitrogen and oxygen atoms in total. The lowest BCUT2D eigenvalue weighted by molar-refractivity contribution is 0.623. The molecule has 0 fully saturated rings. The first-order valence-electron chi connectivity index (χ1n) is 9.11. The lowest BCUT2D eigenvalue weighted by atomic mass is 10.1. The first-order chi connectivity index (χ1) is 15.0. The van der Waals surface area contributed by atoms with Crippen LogP contribution in [0, 0.1) is 34.3 Å². The van der Waals surface area contributed by atoms with Crippen molar-refractivity contribution >= 4 is 15.9 Å². The average molecular weight is 477 g/mol. The molecule has 0 radical (unpaired) electrons. The minimum Gasteiger partial charge on any atom is -0.268 e. The number of benzene rings is 3. The van der Waals surface area contributed by atoms with E-state index in [0.717, 1.165) is 16.7 Å². The number of aromatic nitrogens is 2. The van der Waals surface area contributed by atoms with Crippen LogP contribution in [-0.2, 0) is 6.54 Å². The lowest BCUT2D eigenvalue weighted by Crippen LogP contribution is -1.99. The van der Waals surface area contributed by atoms with Gasteiger partial charge in [-0.05, 0) is 41.5 Å². The van der Waals surface area contributed by atoms with Gasteiger partial charge in [-0.15, -0.1) is 0 Å².